The van der Waals surface area contributed by atoms with Gasteiger partial charge in [0.25, 0.3) is 0 Å². The molecule has 2 heterocycles. The summed E-state index contributed by atoms with van der Waals surface area (Å²) < 4.78 is 5.34. The molecule has 0 spiro atoms. The molecule has 5 nitrogen and oxygen atoms in total. The molecule has 1 N–H and O–H groups in total. The van der Waals surface area contributed by atoms with Crippen molar-refractivity contribution in [3.63, 3.8) is 0 Å². The number of rotatable bonds is 5. The van der Waals surface area contributed by atoms with E-state index < -0.39 is 0 Å². The van der Waals surface area contributed by atoms with Crippen molar-refractivity contribution >= 4 is 0 Å². The highest BCUT2D eigenvalue weighted by Gasteiger charge is 2.20. The molecular weight excluding hydrogens is 228 g/mol. The van der Waals surface area contributed by atoms with Crippen molar-refractivity contribution in [2.45, 2.75) is 13.0 Å². The molecule has 18 heavy (non-hydrogen) atoms. The molecule has 0 aliphatic carbocycles. The molecule has 0 saturated carbocycles. The van der Waals surface area contributed by atoms with Crippen molar-refractivity contribution in [2.24, 2.45) is 0 Å². The fourth-order valence-electron chi connectivity index (χ4n) is 1.77. The molecule has 2 rings (SSSR count). The molecule has 5 heteroatoms. The predicted molar refractivity (Wildman–Crippen MR) is 68.3 cm³/mol. The highest BCUT2D eigenvalue weighted by molar-refractivity contribution is 5.32. The van der Waals surface area contributed by atoms with Crippen molar-refractivity contribution in [1.29, 1.82) is 0 Å². The lowest BCUT2D eigenvalue weighted by atomic mass is 10.1. The summed E-state index contributed by atoms with van der Waals surface area (Å²) in [6.45, 7) is 2.83. The molecule has 0 aliphatic rings. The van der Waals surface area contributed by atoms with Gasteiger partial charge in [-0.1, -0.05) is 6.92 Å². The first kappa shape index (κ1) is 12.4. The summed E-state index contributed by atoms with van der Waals surface area (Å²) in [5, 5.41) is 3.32. The average Bonchev–Trinajstić information content (AvgIpc) is 2.46. The molecular formula is C13H16N4O. The zero-order valence-electron chi connectivity index (χ0n) is 10.5. The van der Waals surface area contributed by atoms with Crippen LogP contribution in [0.5, 0.6) is 5.75 Å². The Balaban J connectivity index is 2.41. The number of hydrogen-bond acceptors (Lipinski definition) is 5. The van der Waals surface area contributed by atoms with Crippen LogP contribution >= 0.6 is 0 Å². The van der Waals surface area contributed by atoms with Gasteiger partial charge in [0.05, 0.1) is 7.11 Å². The molecule has 1 atom stereocenters. The second kappa shape index (κ2) is 6.07. The Morgan fingerprint density at radius 1 is 1.17 bits per heavy atom. The topological polar surface area (TPSA) is 59.9 Å². The third-order valence-electron chi connectivity index (χ3n) is 2.55. The molecule has 0 aliphatic heterocycles. The summed E-state index contributed by atoms with van der Waals surface area (Å²) in [4.78, 5) is 12.9. The van der Waals surface area contributed by atoms with Gasteiger partial charge in [0.1, 0.15) is 17.5 Å². The number of pyridine rings is 1. The van der Waals surface area contributed by atoms with Gasteiger partial charge in [0, 0.05) is 18.6 Å². The predicted octanol–water partition coefficient (Wildman–Crippen LogP) is 1.58. The first-order valence-corrected chi connectivity index (χ1v) is 5.86. The second-order valence-corrected chi connectivity index (χ2v) is 3.69. The quantitative estimate of drug-likeness (QED) is 0.865. The fraction of sp³-hybridized carbons (Fsp3) is 0.308. The van der Waals surface area contributed by atoms with E-state index in [-0.39, 0.29) is 6.04 Å². The minimum Gasteiger partial charge on any atom is -0.495 e. The number of aromatic nitrogens is 3. The molecule has 1 unspecified atom stereocenters. The number of methoxy groups -OCH3 is 1. The smallest absolute Gasteiger partial charge is 0.151 e. The molecule has 0 bridgehead atoms. The summed E-state index contributed by atoms with van der Waals surface area (Å²) in [6, 6.07) is 5.36. The Hall–Kier alpha value is -2.01. The van der Waals surface area contributed by atoms with Crippen LogP contribution in [0, 0.1) is 0 Å². The normalized spacial score (nSPS) is 12.1. The Bertz CT molecular complexity index is 489. The van der Waals surface area contributed by atoms with E-state index >= 15 is 0 Å². The Morgan fingerprint density at radius 3 is 2.56 bits per heavy atom. The van der Waals surface area contributed by atoms with Crippen molar-refractivity contribution in [2.75, 3.05) is 13.7 Å². The van der Waals surface area contributed by atoms with Crippen LogP contribution in [-0.2, 0) is 0 Å². The van der Waals surface area contributed by atoms with Crippen LogP contribution in [-0.4, -0.2) is 28.6 Å². The molecule has 2 aromatic heterocycles. The first-order valence-electron chi connectivity index (χ1n) is 5.86. The van der Waals surface area contributed by atoms with E-state index in [1.54, 1.807) is 31.8 Å². The van der Waals surface area contributed by atoms with Gasteiger partial charge in [-0.05, 0) is 24.7 Å². The number of nitrogens with zero attached hydrogens (tertiary/aromatic N) is 3. The number of nitrogens with one attached hydrogen (secondary N) is 1. The van der Waals surface area contributed by atoms with Gasteiger partial charge in [-0.25, -0.2) is 9.97 Å². The summed E-state index contributed by atoms with van der Waals surface area (Å²) in [7, 11) is 1.63. The Kier molecular flexibility index (Phi) is 4.20. The van der Waals surface area contributed by atoms with Crippen molar-refractivity contribution < 1.29 is 4.74 Å². The van der Waals surface area contributed by atoms with Crippen molar-refractivity contribution in [1.82, 2.24) is 20.3 Å². The van der Waals surface area contributed by atoms with Crippen LogP contribution in [0.25, 0.3) is 0 Å². The third kappa shape index (κ3) is 2.62. The summed E-state index contributed by atoms with van der Waals surface area (Å²) in [6.07, 6.45) is 5.19. The van der Waals surface area contributed by atoms with Gasteiger partial charge in [-0.3, -0.25) is 4.98 Å². The molecule has 0 fully saturated rings. The lowest BCUT2D eigenvalue weighted by molar-refractivity contribution is 0.399. The standard InChI is InChI=1S/C13H16N4O/c1-3-14-12(13-16-8-5-9-17-13)11-10(18-2)6-4-7-15-11/h4-9,12,14H,3H2,1-2H3. The molecule has 0 amide bonds. The maximum atomic E-state index is 5.34. The van der Waals surface area contributed by atoms with Crippen molar-refractivity contribution in [3.8, 4) is 5.75 Å². The molecule has 94 valence electrons. The van der Waals surface area contributed by atoms with E-state index in [4.69, 9.17) is 4.74 Å². The largest absolute Gasteiger partial charge is 0.495 e. The lowest BCUT2D eigenvalue weighted by Gasteiger charge is -2.17. The minimum atomic E-state index is -0.160. The Morgan fingerprint density at radius 2 is 1.89 bits per heavy atom. The van der Waals surface area contributed by atoms with Crippen LogP contribution < -0.4 is 10.1 Å². The summed E-state index contributed by atoms with van der Waals surface area (Å²) >= 11 is 0. The zero-order valence-corrected chi connectivity index (χ0v) is 10.5. The minimum absolute atomic E-state index is 0.160. The monoisotopic (exact) mass is 244 g/mol. The van der Waals surface area contributed by atoms with E-state index in [0.717, 1.165) is 18.0 Å². The fourth-order valence-corrected chi connectivity index (χ4v) is 1.77. The lowest BCUT2D eigenvalue weighted by Crippen LogP contribution is -2.25. The first-order chi connectivity index (χ1) is 8.86. The molecule has 0 radical (unpaired) electrons. The van der Waals surface area contributed by atoms with Gasteiger partial charge in [0.2, 0.25) is 0 Å². The highest BCUT2D eigenvalue weighted by Crippen LogP contribution is 2.25. The van der Waals surface area contributed by atoms with Crippen LogP contribution in [0.15, 0.2) is 36.8 Å². The van der Waals surface area contributed by atoms with Gasteiger partial charge in [0.15, 0.2) is 5.82 Å². The van der Waals surface area contributed by atoms with Crippen LogP contribution in [0.1, 0.15) is 24.5 Å². The van der Waals surface area contributed by atoms with E-state index in [1.807, 2.05) is 19.1 Å². The maximum absolute atomic E-state index is 5.34. The Labute approximate surface area is 106 Å². The third-order valence-corrected chi connectivity index (χ3v) is 2.55. The van der Waals surface area contributed by atoms with E-state index in [1.165, 1.54) is 0 Å². The van der Waals surface area contributed by atoms with Crippen LogP contribution in [0.2, 0.25) is 0 Å². The van der Waals surface area contributed by atoms with Crippen LogP contribution in [0.3, 0.4) is 0 Å². The average molecular weight is 244 g/mol. The van der Waals surface area contributed by atoms with Gasteiger partial charge >= 0.3 is 0 Å². The van der Waals surface area contributed by atoms with Gasteiger partial charge in [-0.15, -0.1) is 0 Å². The number of hydrogen-bond donors (Lipinski definition) is 1. The van der Waals surface area contributed by atoms with E-state index in [9.17, 15) is 0 Å². The van der Waals surface area contributed by atoms with Crippen molar-refractivity contribution in [3.05, 3.63) is 48.3 Å². The highest BCUT2D eigenvalue weighted by atomic mass is 16.5. The van der Waals surface area contributed by atoms with Gasteiger partial charge < -0.3 is 10.1 Å². The van der Waals surface area contributed by atoms with Gasteiger partial charge in [-0.2, -0.15) is 0 Å². The second-order valence-electron chi connectivity index (χ2n) is 3.69. The molecule has 2 aromatic rings. The SMILES string of the molecule is CCNC(c1ncccn1)c1ncccc1OC. The number of ether oxygens (including phenoxy) is 1. The molecule has 0 saturated heterocycles. The van der Waals surface area contributed by atoms with E-state index in [0.29, 0.717) is 5.82 Å². The summed E-state index contributed by atoms with van der Waals surface area (Å²) in [5.41, 5.74) is 0.799. The van der Waals surface area contributed by atoms with Crippen LogP contribution in [0.4, 0.5) is 0 Å². The zero-order chi connectivity index (χ0) is 12.8. The summed E-state index contributed by atoms with van der Waals surface area (Å²) in [5.74, 6) is 1.42. The van der Waals surface area contributed by atoms with E-state index in [2.05, 4.69) is 20.3 Å². The maximum Gasteiger partial charge on any atom is 0.151 e. The molecule has 0 aromatic carbocycles.